The van der Waals surface area contributed by atoms with Gasteiger partial charge in [-0.15, -0.1) is 11.3 Å². The van der Waals surface area contributed by atoms with E-state index in [4.69, 9.17) is 5.11 Å². The topological polar surface area (TPSA) is 103 Å². The number of hydrogen-bond donors (Lipinski definition) is 3. The van der Waals surface area contributed by atoms with E-state index in [-0.39, 0.29) is 36.3 Å². The molecule has 3 unspecified atom stereocenters. The van der Waals surface area contributed by atoms with E-state index in [0.29, 0.717) is 11.6 Å². The first kappa shape index (κ1) is 15.7. The van der Waals surface area contributed by atoms with Crippen LogP contribution < -0.4 is 5.32 Å². The van der Waals surface area contributed by atoms with E-state index < -0.39 is 5.97 Å². The van der Waals surface area contributed by atoms with Crippen LogP contribution in [0.5, 0.6) is 0 Å². The summed E-state index contributed by atoms with van der Waals surface area (Å²) in [6.07, 6.45) is 0.868. The van der Waals surface area contributed by atoms with E-state index in [1.165, 1.54) is 16.7 Å². The van der Waals surface area contributed by atoms with Crippen LogP contribution >= 0.6 is 11.3 Å². The molecule has 2 amide bonds. The molecule has 1 aliphatic heterocycles. The van der Waals surface area contributed by atoms with Crippen molar-refractivity contribution in [1.82, 2.24) is 15.2 Å². The highest BCUT2D eigenvalue weighted by Gasteiger charge is 2.34. The lowest BCUT2D eigenvalue weighted by molar-refractivity contribution is 0.0691. The van der Waals surface area contributed by atoms with Gasteiger partial charge in [0.15, 0.2) is 5.69 Å². The fraction of sp³-hybridized carbons (Fsp3) is 0.615. The predicted octanol–water partition coefficient (Wildman–Crippen LogP) is 1.31. The van der Waals surface area contributed by atoms with E-state index in [1.807, 2.05) is 6.92 Å². The highest BCUT2D eigenvalue weighted by Crippen LogP contribution is 2.24. The van der Waals surface area contributed by atoms with Gasteiger partial charge in [-0.1, -0.05) is 6.92 Å². The number of nitrogens with one attached hydrogen (secondary N) is 1. The van der Waals surface area contributed by atoms with Crippen LogP contribution in [0.1, 0.15) is 41.8 Å². The summed E-state index contributed by atoms with van der Waals surface area (Å²) in [4.78, 5) is 28.7. The zero-order chi connectivity index (χ0) is 15.6. The Bertz CT molecular complexity index is 533. The van der Waals surface area contributed by atoms with Gasteiger partial charge in [0.1, 0.15) is 5.01 Å². The van der Waals surface area contributed by atoms with Gasteiger partial charge >= 0.3 is 12.0 Å². The zero-order valence-electron chi connectivity index (χ0n) is 11.9. The monoisotopic (exact) mass is 313 g/mol. The fourth-order valence-electron chi connectivity index (χ4n) is 2.45. The van der Waals surface area contributed by atoms with Gasteiger partial charge in [0.2, 0.25) is 0 Å². The predicted molar refractivity (Wildman–Crippen MR) is 77.4 cm³/mol. The van der Waals surface area contributed by atoms with Crippen LogP contribution in [-0.4, -0.2) is 51.3 Å². The number of aromatic nitrogens is 1. The van der Waals surface area contributed by atoms with E-state index in [2.05, 4.69) is 10.3 Å². The van der Waals surface area contributed by atoms with Crippen molar-refractivity contribution in [3.8, 4) is 0 Å². The third-order valence-electron chi connectivity index (χ3n) is 3.78. The molecule has 8 heteroatoms. The molecule has 0 radical (unpaired) electrons. The first-order valence-corrected chi connectivity index (χ1v) is 7.68. The normalized spacial score (nSPS) is 23.1. The third kappa shape index (κ3) is 3.33. The molecule has 1 aromatic heterocycles. The molecule has 116 valence electrons. The number of hydrogen-bond acceptors (Lipinski definition) is 5. The second kappa shape index (κ2) is 6.40. The van der Waals surface area contributed by atoms with Crippen molar-refractivity contribution in [3.05, 3.63) is 16.1 Å². The Balaban J connectivity index is 2.00. The molecule has 0 aliphatic carbocycles. The lowest BCUT2D eigenvalue weighted by atomic mass is 10.0. The Hall–Kier alpha value is -1.67. The molecule has 21 heavy (non-hydrogen) atoms. The van der Waals surface area contributed by atoms with Gasteiger partial charge in [-0.25, -0.2) is 14.6 Å². The number of rotatable bonds is 4. The highest BCUT2D eigenvalue weighted by atomic mass is 32.1. The summed E-state index contributed by atoms with van der Waals surface area (Å²) >= 11 is 1.20. The van der Waals surface area contributed by atoms with Crippen LogP contribution in [0.4, 0.5) is 4.79 Å². The maximum atomic E-state index is 12.2. The van der Waals surface area contributed by atoms with Crippen molar-refractivity contribution in [2.45, 2.75) is 32.4 Å². The van der Waals surface area contributed by atoms with E-state index in [9.17, 15) is 14.7 Å². The second-order valence-corrected chi connectivity index (χ2v) is 6.15. The van der Waals surface area contributed by atoms with Crippen LogP contribution in [0, 0.1) is 5.92 Å². The van der Waals surface area contributed by atoms with Crippen LogP contribution in [0.15, 0.2) is 5.38 Å². The summed E-state index contributed by atoms with van der Waals surface area (Å²) in [7, 11) is 0. The van der Waals surface area contributed by atoms with Gasteiger partial charge in [0, 0.05) is 11.9 Å². The Morgan fingerprint density at radius 2 is 2.33 bits per heavy atom. The average Bonchev–Trinajstić information content (AvgIpc) is 3.04. The fourth-order valence-corrected chi connectivity index (χ4v) is 3.25. The lowest BCUT2D eigenvalue weighted by Crippen LogP contribution is -2.46. The van der Waals surface area contributed by atoms with Gasteiger partial charge in [-0.3, -0.25) is 0 Å². The van der Waals surface area contributed by atoms with Crippen LogP contribution in [0.25, 0.3) is 0 Å². The van der Waals surface area contributed by atoms with Gasteiger partial charge in [0.05, 0.1) is 18.7 Å². The Labute approximate surface area is 126 Å². The number of carbonyl (C=O) groups excluding carboxylic acids is 1. The third-order valence-corrected chi connectivity index (χ3v) is 4.81. The molecule has 0 aromatic carbocycles. The van der Waals surface area contributed by atoms with Crippen molar-refractivity contribution < 1.29 is 19.8 Å². The quantitative estimate of drug-likeness (QED) is 0.778. The van der Waals surface area contributed by atoms with Gasteiger partial charge in [-0.2, -0.15) is 0 Å². The molecule has 1 saturated heterocycles. The number of aliphatic hydroxyl groups excluding tert-OH is 1. The number of urea groups is 1. The number of aliphatic hydroxyl groups is 1. The number of aromatic carboxylic acids is 1. The molecule has 1 fully saturated rings. The number of thiazole rings is 1. The summed E-state index contributed by atoms with van der Waals surface area (Å²) in [5.41, 5.74) is -0.0147. The smallest absolute Gasteiger partial charge is 0.355 e. The maximum Gasteiger partial charge on any atom is 0.355 e. The molecule has 7 nitrogen and oxygen atoms in total. The molecule has 0 spiro atoms. The highest BCUT2D eigenvalue weighted by molar-refractivity contribution is 7.09. The maximum absolute atomic E-state index is 12.2. The largest absolute Gasteiger partial charge is 0.476 e. The van der Waals surface area contributed by atoms with Crippen molar-refractivity contribution >= 4 is 23.3 Å². The van der Waals surface area contributed by atoms with Gasteiger partial charge in [0.25, 0.3) is 0 Å². The summed E-state index contributed by atoms with van der Waals surface area (Å²) < 4.78 is 0. The number of amides is 2. The van der Waals surface area contributed by atoms with Crippen molar-refractivity contribution in [1.29, 1.82) is 0 Å². The minimum atomic E-state index is -1.08. The molecule has 2 heterocycles. The average molecular weight is 313 g/mol. The minimum absolute atomic E-state index is 0.0147. The van der Waals surface area contributed by atoms with Crippen LogP contribution in [-0.2, 0) is 0 Å². The standard InChI is InChI=1S/C13H19N3O4S/c1-7-3-4-16(10(7)5-17)13(20)14-8(2)11-15-9(6-21-11)12(18)19/h6-8,10,17H,3-5H2,1-2H3,(H,14,20)(H,18,19). The molecular formula is C13H19N3O4S. The SMILES string of the molecule is CC(NC(=O)N1CCC(C)C1CO)c1nc(C(=O)O)cs1. The molecule has 0 bridgehead atoms. The van der Waals surface area contributed by atoms with Crippen molar-refractivity contribution in [2.24, 2.45) is 5.92 Å². The van der Waals surface area contributed by atoms with Crippen molar-refractivity contribution in [3.63, 3.8) is 0 Å². The number of carbonyl (C=O) groups is 2. The van der Waals surface area contributed by atoms with E-state index in [0.717, 1.165) is 6.42 Å². The zero-order valence-corrected chi connectivity index (χ0v) is 12.8. The Kier molecular flexibility index (Phi) is 4.79. The van der Waals surface area contributed by atoms with Gasteiger partial charge in [-0.05, 0) is 19.3 Å². The van der Waals surface area contributed by atoms with Crippen molar-refractivity contribution in [2.75, 3.05) is 13.2 Å². The lowest BCUT2D eigenvalue weighted by Gasteiger charge is -2.26. The Morgan fingerprint density at radius 3 is 2.90 bits per heavy atom. The summed E-state index contributed by atoms with van der Waals surface area (Å²) in [6, 6.07) is -0.785. The minimum Gasteiger partial charge on any atom is -0.476 e. The number of likely N-dealkylation sites (tertiary alicyclic amines) is 1. The van der Waals surface area contributed by atoms with Gasteiger partial charge < -0.3 is 20.4 Å². The first-order chi connectivity index (χ1) is 9.93. The number of nitrogens with zero attached hydrogens (tertiary/aromatic N) is 2. The van der Waals surface area contributed by atoms with Crippen LogP contribution in [0.2, 0.25) is 0 Å². The van der Waals surface area contributed by atoms with E-state index >= 15 is 0 Å². The molecule has 2 rings (SSSR count). The number of carboxylic acids is 1. The molecule has 1 aliphatic rings. The Morgan fingerprint density at radius 1 is 1.62 bits per heavy atom. The summed E-state index contributed by atoms with van der Waals surface area (Å²) in [5.74, 6) is -0.806. The molecule has 3 N–H and O–H groups in total. The molecule has 0 saturated carbocycles. The summed E-state index contributed by atoms with van der Waals surface area (Å²) in [6.45, 7) is 4.33. The number of carboxylic acid groups (broad SMARTS) is 1. The molecule has 1 aromatic rings. The first-order valence-electron chi connectivity index (χ1n) is 6.80. The molecule has 3 atom stereocenters. The summed E-state index contributed by atoms with van der Waals surface area (Å²) in [5, 5.41) is 23.0. The van der Waals surface area contributed by atoms with E-state index in [1.54, 1.807) is 11.8 Å². The van der Waals surface area contributed by atoms with Crippen LogP contribution in [0.3, 0.4) is 0 Å². The second-order valence-electron chi connectivity index (χ2n) is 5.26. The molecular weight excluding hydrogens is 294 g/mol.